The minimum atomic E-state index is -1.07. The summed E-state index contributed by atoms with van der Waals surface area (Å²) in [4.78, 5) is 41.6. The molecule has 0 aliphatic carbocycles. The van der Waals surface area contributed by atoms with Crippen molar-refractivity contribution in [2.45, 2.75) is 45.2 Å². The Morgan fingerprint density at radius 3 is 2.20 bits per heavy atom. The van der Waals surface area contributed by atoms with E-state index in [0.717, 1.165) is 12.8 Å². The number of phenolic OH excluding ortho intramolecular Hbond substituents is 1. The molecule has 0 aliphatic rings. The molecule has 0 fully saturated rings. The van der Waals surface area contributed by atoms with Crippen molar-refractivity contribution in [2.24, 2.45) is 0 Å². The second-order valence-corrected chi connectivity index (χ2v) is 7.91. The summed E-state index contributed by atoms with van der Waals surface area (Å²) in [6.07, 6.45) is 1.57. The number of ether oxygens (including phenoxy) is 2. The fourth-order valence-electron chi connectivity index (χ4n) is 3.40. The summed E-state index contributed by atoms with van der Waals surface area (Å²) in [5, 5.41) is 15.3. The average molecular weight is 488 g/mol. The highest BCUT2D eigenvalue weighted by Gasteiger charge is 2.27. The summed E-state index contributed by atoms with van der Waals surface area (Å²) >= 11 is 0. The molecule has 0 radical (unpaired) electrons. The van der Waals surface area contributed by atoms with Gasteiger partial charge in [-0.15, -0.1) is 5.48 Å². The first-order valence-electron chi connectivity index (χ1n) is 11.2. The van der Waals surface area contributed by atoms with Crippen molar-refractivity contribution < 1.29 is 33.8 Å². The third kappa shape index (κ3) is 8.82. The minimum absolute atomic E-state index is 0.0167. The Bertz CT molecular complexity index is 973. The van der Waals surface area contributed by atoms with Crippen LogP contribution in [0.4, 0.5) is 0 Å². The summed E-state index contributed by atoms with van der Waals surface area (Å²) in [7, 11) is 2.83. The van der Waals surface area contributed by atoms with Gasteiger partial charge in [0.2, 0.25) is 11.8 Å². The van der Waals surface area contributed by atoms with Crippen molar-refractivity contribution in [2.75, 3.05) is 20.8 Å². The third-order valence-corrected chi connectivity index (χ3v) is 5.20. The van der Waals surface area contributed by atoms with Crippen LogP contribution in [-0.2, 0) is 32.1 Å². The maximum absolute atomic E-state index is 13.0. The number of amides is 2. The van der Waals surface area contributed by atoms with Crippen molar-refractivity contribution in [3.05, 3.63) is 53.6 Å². The average Bonchev–Trinajstić information content (AvgIpc) is 2.84. The first kappa shape index (κ1) is 27.5. The van der Waals surface area contributed by atoms with Gasteiger partial charge in [-0.25, -0.2) is 0 Å². The Morgan fingerprint density at radius 2 is 1.63 bits per heavy atom. The molecule has 2 aromatic rings. The number of rotatable bonds is 13. The van der Waals surface area contributed by atoms with E-state index in [1.54, 1.807) is 6.92 Å². The number of carbonyl (C=O) groups excluding carboxylic acids is 3. The van der Waals surface area contributed by atoms with Crippen LogP contribution in [-0.4, -0.2) is 55.7 Å². The van der Waals surface area contributed by atoms with Crippen molar-refractivity contribution in [1.82, 2.24) is 16.1 Å². The number of phenols is 1. The summed E-state index contributed by atoms with van der Waals surface area (Å²) in [5.74, 6) is -1.06. The number of methoxy groups -OCH3 is 2. The van der Waals surface area contributed by atoms with E-state index in [2.05, 4.69) is 16.1 Å². The highest BCUT2D eigenvalue weighted by molar-refractivity contribution is 5.89. The lowest BCUT2D eigenvalue weighted by Crippen LogP contribution is -2.52. The topological polar surface area (TPSA) is 135 Å². The Hall–Kier alpha value is -3.79. The molecule has 2 amide bonds. The number of aryl methyl sites for hydroxylation is 1. The molecule has 2 rings (SSSR count). The van der Waals surface area contributed by atoms with Gasteiger partial charge in [0, 0.05) is 37.6 Å². The van der Waals surface area contributed by atoms with Gasteiger partial charge in [0.05, 0.1) is 14.2 Å². The molecule has 10 nitrogen and oxygen atoms in total. The molecule has 190 valence electrons. The zero-order valence-corrected chi connectivity index (χ0v) is 20.4. The molecule has 0 saturated carbocycles. The van der Waals surface area contributed by atoms with E-state index in [4.69, 9.17) is 14.3 Å². The van der Waals surface area contributed by atoms with E-state index in [0.29, 0.717) is 12.1 Å². The molecular formula is C25H33N3O7. The molecule has 35 heavy (non-hydrogen) atoms. The van der Waals surface area contributed by atoms with Gasteiger partial charge in [0.1, 0.15) is 29.3 Å². The van der Waals surface area contributed by atoms with Gasteiger partial charge >= 0.3 is 5.97 Å². The molecule has 0 heterocycles. The lowest BCUT2D eigenvalue weighted by Gasteiger charge is -2.22. The molecule has 0 spiro atoms. The summed E-state index contributed by atoms with van der Waals surface area (Å²) < 4.78 is 10.6. The van der Waals surface area contributed by atoms with Crippen LogP contribution < -0.4 is 25.6 Å². The summed E-state index contributed by atoms with van der Waals surface area (Å²) in [5.41, 5.74) is 4.08. The Balaban J connectivity index is 2.01. The number of aromatic hydroxyl groups is 1. The normalized spacial score (nSPS) is 12.2. The Labute approximate surface area is 204 Å². The van der Waals surface area contributed by atoms with Gasteiger partial charge in [-0.1, -0.05) is 30.3 Å². The van der Waals surface area contributed by atoms with E-state index < -0.39 is 24.0 Å². The lowest BCUT2D eigenvalue weighted by atomic mass is 10.0. The number of hydrogen-bond acceptors (Lipinski definition) is 8. The Kier molecular flexibility index (Phi) is 10.8. The van der Waals surface area contributed by atoms with E-state index in [-0.39, 0.29) is 29.6 Å². The van der Waals surface area contributed by atoms with Crippen LogP contribution in [0.5, 0.6) is 17.2 Å². The molecule has 10 heteroatoms. The van der Waals surface area contributed by atoms with Gasteiger partial charge in [-0.2, -0.15) is 0 Å². The Morgan fingerprint density at radius 1 is 1.00 bits per heavy atom. The largest absolute Gasteiger partial charge is 0.508 e. The molecule has 0 bridgehead atoms. The number of carbonyl (C=O) groups is 3. The SMILES string of the molecule is COc1cc(O)cc(OC)c1C[C@H](NOC(C)=O)C(=O)N[C@H](C)C(=O)NCCCc1ccccc1. The lowest BCUT2D eigenvalue weighted by molar-refractivity contribution is -0.152. The van der Waals surface area contributed by atoms with Gasteiger partial charge in [0.25, 0.3) is 0 Å². The number of hydroxylamine groups is 1. The molecule has 4 N–H and O–H groups in total. The molecular weight excluding hydrogens is 454 g/mol. The summed E-state index contributed by atoms with van der Waals surface area (Å²) in [6, 6.07) is 10.8. The smallest absolute Gasteiger partial charge is 0.321 e. The predicted molar refractivity (Wildman–Crippen MR) is 129 cm³/mol. The van der Waals surface area contributed by atoms with Crippen LogP contribution in [0.15, 0.2) is 42.5 Å². The molecule has 2 atom stereocenters. The second-order valence-electron chi connectivity index (χ2n) is 7.91. The summed E-state index contributed by atoms with van der Waals surface area (Å²) in [6.45, 7) is 3.22. The number of benzene rings is 2. The van der Waals surface area contributed by atoms with Gasteiger partial charge in [-0.05, 0) is 25.3 Å². The fourth-order valence-corrected chi connectivity index (χ4v) is 3.40. The molecule has 0 unspecified atom stereocenters. The van der Waals surface area contributed by atoms with Crippen LogP contribution in [0.2, 0.25) is 0 Å². The van der Waals surface area contributed by atoms with Crippen LogP contribution >= 0.6 is 0 Å². The standard InChI is InChI=1S/C25H33N3O7/c1-16(24(31)26-12-8-11-18-9-6-5-7-10-18)27-25(32)21(28-35-17(2)29)15-20-22(33-3)13-19(30)14-23(20)34-4/h5-7,9-10,13-14,16,21,28,30H,8,11-12,15H2,1-4H3,(H,26,31)(H,27,32)/t16-,21+/m1/s1. The van der Waals surface area contributed by atoms with E-state index in [1.165, 1.54) is 38.8 Å². The van der Waals surface area contributed by atoms with Crippen LogP contribution in [0, 0.1) is 0 Å². The number of nitrogens with one attached hydrogen (secondary N) is 3. The third-order valence-electron chi connectivity index (χ3n) is 5.20. The van der Waals surface area contributed by atoms with E-state index in [9.17, 15) is 19.5 Å². The molecule has 0 aromatic heterocycles. The van der Waals surface area contributed by atoms with E-state index >= 15 is 0 Å². The van der Waals surface area contributed by atoms with Crippen LogP contribution in [0.3, 0.4) is 0 Å². The number of hydrogen-bond donors (Lipinski definition) is 4. The molecule has 0 saturated heterocycles. The monoisotopic (exact) mass is 487 g/mol. The first-order valence-corrected chi connectivity index (χ1v) is 11.2. The van der Waals surface area contributed by atoms with Crippen LogP contribution in [0.1, 0.15) is 31.4 Å². The highest BCUT2D eigenvalue weighted by Crippen LogP contribution is 2.34. The van der Waals surface area contributed by atoms with Gasteiger partial charge < -0.3 is 30.1 Å². The van der Waals surface area contributed by atoms with Gasteiger partial charge in [-0.3, -0.25) is 14.4 Å². The zero-order valence-electron chi connectivity index (χ0n) is 20.4. The van der Waals surface area contributed by atoms with E-state index in [1.807, 2.05) is 30.3 Å². The minimum Gasteiger partial charge on any atom is -0.508 e. The predicted octanol–water partition coefficient (Wildman–Crippen LogP) is 1.64. The van der Waals surface area contributed by atoms with Crippen molar-refractivity contribution in [3.8, 4) is 17.2 Å². The molecule has 2 aromatic carbocycles. The molecule has 0 aliphatic heterocycles. The van der Waals surface area contributed by atoms with Gasteiger partial charge in [0.15, 0.2) is 0 Å². The van der Waals surface area contributed by atoms with Crippen molar-refractivity contribution in [3.63, 3.8) is 0 Å². The van der Waals surface area contributed by atoms with Crippen molar-refractivity contribution >= 4 is 17.8 Å². The maximum atomic E-state index is 13.0. The van der Waals surface area contributed by atoms with Crippen LogP contribution in [0.25, 0.3) is 0 Å². The first-order chi connectivity index (χ1) is 16.7. The quantitative estimate of drug-likeness (QED) is 0.247. The highest BCUT2D eigenvalue weighted by atomic mass is 16.7. The fraction of sp³-hybridized carbons (Fsp3) is 0.400. The zero-order chi connectivity index (χ0) is 25.8. The second kappa shape index (κ2) is 13.8. The van der Waals surface area contributed by atoms with Crippen molar-refractivity contribution in [1.29, 1.82) is 0 Å². The maximum Gasteiger partial charge on any atom is 0.321 e.